The standard InChI is InChI=1S/C15H17Cl2N3O3/c1-4-20(8-13-9(2)18-23-19-13)15(21)10(3)22-14-6-5-11(16)7-12(14)17/h5-7,10H,4,8H2,1-3H3. The molecule has 1 unspecified atom stereocenters. The summed E-state index contributed by atoms with van der Waals surface area (Å²) in [6, 6.07) is 4.86. The zero-order chi connectivity index (χ0) is 17.0. The molecule has 0 N–H and O–H groups in total. The molecule has 0 fully saturated rings. The highest BCUT2D eigenvalue weighted by atomic mass is 35.5. The highest BCUT2D eigenvalue weighted by molar-refractivity contribution is 6.35. The van der Waals surface area contributed by atoms with Crippen LogP contribution in [0.2, 0.25) is 10.0 Å². The molecule has 0 radical (unpaired) electrons. The van der Waals surface area contributed by atoms with E-state index in [4.69, 9.17) is 27.9 Å². The van der Waals surface area contributed by atoms with Crippen molar-refractivity contribution in [2.24, 2.45) is 0 Å². The average molecular weight is 358 g/mol. The van der Waals surface area contributed by atoms with E-state index in [9.17, 15) is 4.79 Å². The Bertz CT molecular complexity index is 690. The smallest absolute Gasteiger partial charge is 0.263 e. The Labute approximate surface area is 144 Å². The van der Waals surface area contributed by atoms with Gasteiger partial charge in [0.2, 0.25) is 0 Å². The Kier molecular flexibility index (Phi) is 5.85. The van der Waals surface area contributed by atoms with Crippen molar-refractivity contribution in [2.75, 3.05) is 6.54 Å². The predicted molar refractivity (Wildman–Crippen MR) is 86.7 cm³/mol. The quantitative estimate of drug-likeness (QED) is 0.791. The molecule has 2 aromatic rings. The van der Waals surface area contributed by atoms with Crippen LogP contribution in [0.1, 0.15) is 25.2 Å². The number of aromatic nitrogens is 2. The van der Waals surface area contributed by atoms with Crippen molar-refractivity contribution in [1.29, 1.82) is 0 Å². The minimum atomic E-state index is -0.700. The molecule has 23 heavy (non-hydrogen) atoms. The Morgan fingerprint density at radius 2 is 2.13 bits per heavy atom. The zero-order valence-electron chi connectivity index (χ0n) is 13.0. The maximum Gasteiger partial charge on any atom is 0.263 e. The highest BCUT2D eigenvalue weighted by Crippen LogP contribution is 2.28. The summed E-state index contributed by atoms with van der Waals surface area (Å²) in [4.78, 5) is 14.2. The Hall–Kier alpha value is -1.79. The van der Waals surface area contributed by atoms with Crippen LogP contribution in [0, 0.1) is 6.92 Å². The molecule has 124 valence electrons. The fourth-order valence-electron chi connectivity index (χ4n) is 1.99. The second-order valence-corrected chi connectivity index (χ2v) is 5.83. The maximum atomic E-state index is 12.5. The van der Waals surface area contributed by atoms with Crippen LogP contribution in [0.25, 0.3) is 0 Å². The van der Waals surface area contributed by atoms with E-state index < -0.39 is 6.10 Å². The minimum Gasteiger partial charge on any atom is -0.479 e. The SMILES string of the molecule is CCN(Cc1nonc1C)C(=O)C(C)Oc1ccc(Cl)cc1Cl. The first-order chi connectivity index (χ1) is 10.9. The number of nitrogens with zero attached hydrogens (tertiary/aromatic N) is 3. The van der Waals surface area contributed by atoms with Gasteiger partial charge in [-0.2, -0.15) is 0 Å². The van der Waals surface area contributed by atoms with Crippen LogP contribution < -0.4 is 4.74 Å². The number of benzene rings is 1. The molecule has 0 saturated carbocycles. The van der Waals surface area contributed by atoms with Crippen LogP contribution in [0.3, 0.4) is 0 Å². The minimum absolute atomic E-state index is 0.180. The number of hydrogen-bond donors (Lipinski definition) is 0. The highest BCUT2D eigenvalue weighted by Gasteiger charge is 2.23. The van der Waals surface area contributed by atoms with Crippen molar-refractivity contribution in [3.8, 4) is 5.75 Å². The molecule has 1 heterocycles. The number of carbonyl (C=O) groups excluding carboxylic acids is 1. The summed E-state index contributed by atoms with van der Waals surface area (Å²) in [5, 5.41) is 8.37. The third-order valence-corrected chi connectivity index (χ3v) is 3.86. The molecule has 8 heteroatoms. The van der Waals surface area contributed by atoms with E-state index in [1.165, 1.54) is 0 Å². The Morgan fingerprint density at radius 1 is 1.39 bits per heavy atom. The summed E-state index contributed by atoms with van der Waals surface area (Å²) in [7, 11) is 0. The number of rotatable bonds is 6. The molecule has 1 amide bonds. The van der Waals surface area contributed by atoms with E-state index in [1.807, 2.05) is 6.92 Å². The maximum absolute atomic E-state index is 12.5. The predicted octanol–water partition coefficient (Wildman–Crippen LogP) is 3.50. The van der Waals surface area contributed by atoms with Gasteiger partial charge in [-0.15, -0.1) is 0 Å². The van der Waals surface area contributed by atoms with Gasteiger partial charge in [-0.1, -0.05) is 33.5 Å². The van der Waals surface area contributed by atoms with E-state index >= 15 is 0 Å². The molecule has 1 atom stereocenters. The van der Waals surface area contributed by atoms with Gasteiger partial charge in [-0.3, -0.25) is 4.79 Å². The van der Waals surface area contributed by atoms with Gasteiger partial charge in [-0.05, 0) is 39.0 Å². The molecular formula is C15H17Cl2N3O3. The summed E-state index contributed by atoms with van der Waals surface area (Å²) in [5.41, 5.74) is 1.28. The van der Waals surface area contributed by atoms with E-state index in [0.717, 1.165) is 0 Å². The van der Waals surface area contributed by atoms with Crippen LogP contribution >= 0.6 is 23.2 Å². The van der Waals surface area contributed by atoms with E-state index in [-0.39, 0.29) is 5.91 Å². The third-order valence-electron chi connectivity index (χ3n) is 3.33. The number of ether oxygens (including phenoxy) is 1. The van der Waals surface area contributed by atoms with Gasteiger partial charge in [0.15, 0.2) is 6.10 Å². The van der Waals surface area contributed by atoms with Gasteiger partial charge >= 0.3 is 0 Å². The topological polar surface area (TPSA) is 68.5 Å². The number of carbonyl (C=O) groups is 1. The zero-order valence-corrected chi connectivity index (χ0v) is 14.6. The average Bonchev–Trinajstić information content (AvgIpc) is 2.92. The second-order valence-electron chi connectivity index (χ2n) is 4.98. The fraction of sp³-hybridized carbons (Fsp3) is 0.400. The van der Waals surface area contributed by atoms with Gasteiger partial charge in [0.1, 0.15) is 17.1 Å². The Balaban J connectivity index is 2.06. The third kappa shape index (κ3) is 4.36. The van der Waals surface area contributed by atoms with Gasteiger partial charge in [0, 0.05) is 11.6 Å². The van der Waals surface area contributed by atoms with E-state index in [2.05, 4.69) is 14.9 Å². The molecule has 0 bridgehead atoms. The van der Waals surface area contributed by atoms with Crippen molar-refractivity contribution < 1.29 is 14.2 Å². The summed E-state index contributed by atoms with van der Waals surface area (Å²) < 4.78 is 10.3. The summed E-state index contributed by atoms with van der Waals surface area (Å²) >= 11 is 11.9. The van der Waals surface area contributed by atoms with Gasteiger partial charge < -0.3 is 9.64 Å². The van der Waals surface area contributed by atoms with Crippen molar-refractivity contribution in [3.05, 3.63) is 39.6 Å². The molecule has 0 spiro atoms. The first-order valence-electron chi connectivity index (χ1n) is 7.11. The summed E-state index contributed by atoms with van der Waals surface area (Å²) in [5.74, 6) is 0.230. The second kappa shape index (κ2) is 7.66. The molecule has 2 rings (SSSR count). The lowest BCUT2D eigenvalue weighted by molar-refractivity contribution is -0.138. The largest absolute Gasteiger partial charge is 0.479 e. The van der Waals surface area contributed by atoms with Crippen molar-refractivity contribution in [3.63, 3.8) is 0 Å². The number of halogens is 2. The van der Waals surface area contributed by atoms with Gasteiger partial charge in [-0.25, -0.2) is 4.63 Å². The first-order valence-corrected chi connectivity index (χ1v) is 7.86. The fourth-order valence-corrected chi connectivity index (χ4v) is 2.44. The van der Waals surface area contributed by atoms with Crippen molar-refractivity contribution >= 4 is 29.1 Å². The lowest BCUT2D eigenvalue weighted by atomic mass is 10.2. The van der Waals surface area contributed by atoms with Gasteiger partial charge in [0.05, 0.1) is 11.6 Å². The lowest BCUT2D eigenvalue weighted by Gasteiger charge is -2.24. The van der Waals surface area contributed by atoms with Crippen LogP contribution in [0.5, 0.6) is 5.75 Å². The lowest BCUT2D eigenvalue weighted by Crippen LogP contribution is -2.40. The molecule has 1 aromatic carbocycles. The molecule has 0 aliphatic rings. The van der Waals surface area contributed by atoms with Crippen LogP contribution in [0.4, 0.5) is 0 Å². The van der Waals surface area contributed by atoms with Crippen molar-refractivity contribution in [1.82, 2.24) is 15.2 Å². The number of amides is 1. The number of hydrogen-bond acceptors (Lipinski definition) is 5. The summed E-state index contributed by atoms with van der Waals surface area (Å²) in [6.07, 6.45) is -0.700. The van der Waals surface area contributed by atoms with Crippen LogP contribution in [-0.2, 0) is 11.3 Å². The first kappa shape index (κ1) is 17.6. The van der Waals surface area contributed by atoms with E-state index in [1.54, 1.807) is 36.9 Å². The monoisotopic (exact) mass is 357 g/mol. The van der Waals surface area contributed by atoms with Crippen LogP contribution in [-0.4, -0.2) is 33.8 Å². The molecule has 0 saturated heterocycles. The van der Waals surface area contributed by atoms with Crippen molar-refractivity contribution in [2.45, 2.75) is 33.4 Å². The normalized spacial score (nSPS) is 12.0. The summed E-state index contributed by atoms with van der Waals surface area (Å²) in [6.45, 7) is 6.14. The van der Waals surface area contributed by atoms with Crippen LogP contribution in [0.15, 0.2) is 22.8 Å². The molecule has 6 nitrogen and oxygen atoms in total. The van der Waals surface area contributed by atoms with Gasteiger partial charge in [0.25, 0.3) is 5.91 Å². The molecule has 1 aromatic heterocycles. The molecule has 0 aliphatic heterocycles. The molecular weight excluding hydrogens is 341 g/mol. The Morgan fingerprint density at radius 3 is 2.70 bits per heavy atom. The number of likely N-dealkylation sites (N-methyl/N-ethyl adjacent to an activating group) is 1. The molecule has 0 aliphatic carbocycles. The number of aryl methyl sites for hydroxylation is 1. The van der Waals surface area contributed by atoms with E-state index in [0.29, 0.717) is 40.3 Å².